The van der Waals surface area contributed by atoms with Crippen LogP contribution in [0.15, 0.2) is 0 Å². The van der Waals surface area contributed by atoms with Crippen LogP contribution in [0.3, 0.4) is 0 Å². The highest BCUT2D eigenvalue weighted by molar-refractivity contribution is 6.25. The molecule has 0 spiro atoms. The molecule has 0 aliphatic heterocycles. The van der Waals surface area contributed by atoms with E-state index in [0.29, 0.717) is 0 Å². The topological polar surface area (TPSA) is 0 Å². The van der Waals surface area contributed by atoms with Gasteiger partial charge in [0.25, 0.3) is 0 Å². The van der Waals surface area contributed by atoms with Crippen molar-refractivity contribution in [3.63, 3.8) is 0 Å². The van der Waals surface area contributed by atoms with Crippen LogP contribution >= 0.6 is 0 Å². The Morgan fingerprint density at radius 2 is 2.33 bits per heavy atom. The lowest BCUT2D eigenvalue weighted by Crippen LogP contribution is -1.75. The van der Waals surface area contributed by atoms with Gasteiger partial charge in [0.2, 0.25) is 0 Å². The molecule has 0 heterocycles. The molecule has 0 N–H and O–H groups in total. The summed E-state index contributed by atoms with van der Waals surface area (Å²) < 4.78 is 11.3. The molecule has 0 saturated heterocycles. The van der Waals surface area contributed by atoms with Crippen molar-refractivity contribution in [2.24, 2.45) is 0 Å². The summed E-state index contributed by atoms with van der Waals surface area (Å²) in [5.41, 5.74) is 0. The van der Waals surface area contributed by atoms with E-state index in [1.165, 1.54) is 0 Å². The van der Waals surface area contributed by atoms with E-state index in [1.807, 2.05) is 0 Å². The number of hydrogen-bond donors (Lipinski definition) is 0. The van der Waals surface area contributed by atoms with E-state index in [9.17, 15) is 3.52 Å². The highest BCUT2D eigenvalue weighted by Gasteiger charge is 1.85. The minimum absolute atomic E-state index is 0.716. The van der Waals surface area contributed by atoms with Crippen LogP contribution in [-0.2, 0) is 0 Å². The monoisotopic (exact) mass is 103 g/mol. The first-order valence-electron chi connectivity index (χ1n) is 2.33. The fourth-order valence-electron chi connectivity index (χ4n) is 0.281. The van der Waals surface area contributed by atoms with E-state index in [1.54, 1.807) is 0 Å². The van der Waals surface area contributed by atoms with Gasteiger partial charge in [0, 0.05) is 0 Å². The lowest BCUT2D eigenvalue weighted by Gasteiger charge is -1.81. The highest BCUT2D eigenvalue weighted by Crippen LogP contribution is 1.91. The predicted octanol–water partition coefficient (Wildman–Crippen LogP) is 1.79. The Morgan fingerprint density at radius 1 is 1.67 bits per heavy atom. The number of unbranched alkanes of at least 4 members (excludes halogenated alkanes) is 1. The SMILES string of the molecule is CCC[CH2][Al][F]. The summed E-state index contributed by atoms with van der Waals surface area (Å²) in [4.78, 5) is 0. The summed E-state index contributed by atoms with van der Waals surface area (Å²) in [6.07, 6.45) is 2.21. The zero-order chi connectivity index (χ0) is 4.83. The predicted molar refractivity (Wildman–Crippen MR) is 26.6 cm³/mol. The summed E-state index contributed by atoms with van der Waals surface area (Å²) in [5.74, 6) is 0. The Kier molecular flexibility index (Phi) is 5.88. The maximum Gasteiger partial charge on any atom is 0.490 e. The van der Waals surface area contributed by atoms with Crippen molar-refractivity contribution in [3.8, 4) is 0 Å². The fraction of sp³-hybridized carbons (Fsp3) is 1.00. The average Bonchev–Trinajstić information content (AvgIpc) is 1.61. The third-order valence-electron chi connectivity index (χ3n) is 0.667. The van der Waals surface area contributed by atoms with Crippen LogP contribution in [-0.4, -0.2) is 15.7 Å². The normalized spacial score (nSPS) is 8.33. The molecule has 0 fully saturated rings. The molecule has 0 bridgehead atoms. The van der Waals surface area contributed by atoms with Crippen molar-refractivity contribution in [2.75, 3.05) is 0 Å². The van der Waals surface area contributed by atoms with Crippen LogP contribution in [0.25, 0.3) is 0 Å². The van der Waals surface area contributed by atoms with E-state index in [2.05, 4.69) is 6.92 Å². The van der Waals surface area contributed by atoms with Gasteiger partial charge in [0.1, 0.15) is 0 Å². The Bertz CT molecular complexity index is 19.5. The van der Waals surface area contributed by atoms with E-state index >= 15 is 0 Å². The summed E-state index contributed by atoms with van der Waals surface area (Å²) in [6.45, 7) is 2.08. The van der Waals surface area contributed by atoms with Gasteiger partial charge in [-0.2, -0.15) is 0 Å². The van der Waals surface area contributed by atoms with Gasteiger partial charge in [0.05, 0.1) is 0 Å². The van der Waals surface area contributed by atoms with Crippen LogP contribution in [0, 0.1) is 0 Å². The van der Waals surface area contributed by atoms with Crippen molar-refractivity contribution in [1.29, 1.82) is 0 Å². The minimum Gasteiger partial charge on any atom is -0.432 e. The second kappa shape index (κ2) is 5.46. The summed E-state index contributed by atoms with van der Waals surface area (Å²) in [6, 6.07) is 0. The second-order valence-corrected chi connectivity index (χ2v) is 2.18. The molecule has 1 radical (unpaired) electrons. The van der Waals surface area contributed by atoms with Gasteiger partial charge in [-0.25, -0.2) is 0 Å². The molecule has 0 atom stereocenters. The largest absolute Gasteiger partial charge is 0.490 e. The lowest BCUT2D eigenvalue weighted by atomic mass is 10.4. The summed E-state index contributed by atoms with van der Waals surface area (Å²) in [7, 11) is 0. The average molecular weight is 103 g/mol. The van der Waals surface area contributed by atoms with E-state index in [0.717, 1.165) is 18.1 Å². The third-order valence-corrected chi connectivity index (χ3v) is 1.29. The van der Waals surface area contributed by atoms with Gasteiger partial charge < -0.3 is 3.52 Å². The van der Waals surface area contributed by atoms with Gasteiger partial charge in [-0.15, -0.1) is 0 Å². The van der Waals surface area contributed by atoms with Gasteiger partial charge in [-0.3, -0.25) is 0 Å². The first kappa shape index (κ1) is 6.46. The standard InChI is InChI=1S/C4H9.Al.FH/c1-3-4-2;;/h1,3-4H2,2H3;;1H/q;+1;/p-1. The number of halogens is 1. The van der Waals surface area contributed by atoms with Gasteiger partial charge in [-0.05, 0) is 0 Å². The molecule has 0 unspecified atom stereocenters. The molecule has 0 aromatic heterocycles. The van der Waals surface area contributed by atoms with Crippen LogP contribution in [0.5, 0.6) is 0 Å². The first-order chi connectivity index (χ1) is 2.91. The molecule has 35 valence electrons. The van der Waals surface area contributed by atoms with Crippen LogP contribution in [0.2, 0.25) is 5.28 Å². The Morgan fingerprint density at radius 3 is 2.50 bits per heavy atom. The Labute approximate surface area is 44.9 Å². The first-order valence-corrected chi connectivity index (χ1v) is 3.59. The molecule has 2 heteroatoms. The molecule has 0 amide bonds. The van der Waals surface area contributed by atoms with Crippen molar-refractivity contribution >= 4 is 15.7 Å². The zero-order valence-corrected chi connectivity index (χ0v) is 5.23. The fourth-order valence-corrected chi connectivity index (χ4v) is 0.844. The van der Waals surface area contributed by atoms with Crippen molar-refractivity contribution in [1.82, 2.24) is 0 Å². The van der Waals surface area contributed by atoms with E-state index in [-0.39, 0.29) is 0 Å². The number of rotatable bonds is 3. The van der Waals surface area contributed by atoms with Crippen LogP contribution < -0.4 is 0 Å². The van der Waals surface area contributed by atoms with Crippen molar-refractivity contribution in [2.45, 2.75) is 25.0 Å². The molecule has 0 aromatic rings. The van der Waals surface area contributed by atoms with E-state index < -0.39 is 15.7 Å². The number of hydrogen-bond acceptors (Lipinski definition) is 0. The van der Waals surface area contributed by atoms with E-state index in [4.69, 9.17) is 0 Å². The highest BCUT2D eigenvalue weighted by atomic mass is 27.2. The van der Waals surface area contributed by atoms with Crippen LogP contribution in [0.4, 0.5) is 3.52 Å². The van der Waals surface area contributed by atoms with Gasteiger partial charge in [-0.1, -0.05) is 25.0 Å². The van der Waals surface area contributed by atoms with Crippen molar-refractivity contribution in [3.05, 3.63) is 0 Å². The lowest BCUT2D eigenvalue weighted by molar-refractivity contribution is 0.808. The molecular formula is C4H9AlF. The maximum absolute atomic E-state index is 11.3. The van der Waals surface area contributed by atoms with Crippen LogP contribution in [0.1, 0.15) is 19.8 Å². The Hall–Kier alpha value is 0.462. The van der Waals surface area contributed by atoms with Gasteiger partial charge >= 0.3 is 15.7 Å². The summed E-state index contributed by atoms with van der Waals surface area (Å²) in [5, 5.41) is 0.830. The molecule has 0 rings (SSSR count). The summed E-state index contributed by atoms with van der Waals surface area (Å²) >= 11 is -0.716. The molecule has 0 aliphatic carbocycles. The molecule has 0 aromatic carbocycles. The molecular weight excluding hydrogens is 94.0 g/mol. The van der Waals surface area contributed by atoms with Crippen molar-refractivity contribution < 1.29 is 3.52 Å². The quantitative estimate of drug-likeness (QED) is 0.377. The third kappa shape index (κ3) is 4.46. The maximum atomic E-state index is 11.3. The minimum atomic E-state index is -0.716. The second-order valence-electron chi connectivity index (χ2n) is 1.30. The smallest absolute Gasteiger partial charge is 0.432 e. The molecule has 0 nitrogen and oxygen atoms in total. The Balaban J connectivity index is 2.34. The molecule has 0 saturated carbocycles. The van der Waals surface area contributed by atoms with Gasteiger partial charge in [0.15, 0.2) is 0 Å². The zero-order valence-electron chi connectivity index (χ0n) is 4.08. The molecule has 0 aliphatic rings. The molecule has 6 heavy (non-hydrogen) atoms.